The first-order valence-electron chi connectivity index (χ1n) is 11.0. The normalized spacial score (nSPS) is 20.3. The molecule has 3 aromatic rings. The van der Waals surface area contributed by atoms with E-state index in [1.807, 2.05) is 36.7 Å². The van der Waals surface area contributed by atoms with Crippen LogP contribution in [-0.2, 0) is 16.7 Å². The van der Waals surface area contributed by atoms with Crippen LogP contribution in [0, 0.1) is 12.3 Å². The summed E-state index contributed by atoms with van der Waals surface area (Å²) in [5.74, 6) is 0. The van der Waals surface area contributed by atoms with Gasteiger partial charge in [-0.15, -0.1) is 11.3 Å². The van der Waals surface area contributed by atoms with Crippen molar-refractivity contribution in [2.45, 2.75) is 52.5 Å². The van der Waals surface area contributed by atoms with Gasteiger partial charge in [0.15, 0.2) is 0 Å². The maximum atomic E-state index is 6.00. The van der Waals surface area contributed by atoms with Crippen molar-refractivity contribution in [1.29, 1.82) is 0 Å². The van der Waals surface area contributed by atoms with Gasteiger partial charge in [0.05, 0.1) is 16.8 Å². The maximum Gasteiger partial charge on any atom is 0.0812 e. The number of aromatic nitrogens is 2. The van der Waals surface area contributed by atoms with E-state index in [2.05, 4.69) is 59.9 Å². The molecule has 0 spiro atoms. The number of hydrogen-bond acceptors (Lipinski definition) is 5. The fourth-order valence-corrected chi connectivity index (χ4v) is 5.59. The lowest BCUT2D eigenvalue weighted by Gasteiger charge is -2.38. The fraction of sp³-hybridized carbons (Fsp3) is 0.520. The first kappa shape index (κ1) is 21.4. The summed E-state index contributed by atoms with van der Waals surface area (Å²) in [7, 11) is 0. The minimum absolute atomic E-state index is 0.0316. The molecular weight excluding hydrogens is 390 g/mol. The molecule has 0 amide bonds. The molecule has 4 nitrogen and oxygen atoms in total. The number of fused-ring (bicyclic) bond motifs is 1. The molecule has 30 heavy (non-hydrogen) atoms. The van der Waals surface area contributed by atoms with E-state index < -0.39 is 0 Å². The first-order chi connectivity index (χ1) is 14.4. The van der Waals surface area contributed by atoms with Crippen molar-refractivity contribution in [2.24, 2.45) is 5.41 Å². The van der Waals surface area contributed by atoms with E-state index in [0.717, 1.165) is 50.4 Å². The molecule has 160 valence electrons. The zero-order valence-corrected chi connectivity index (χ0v) is 19.5. The molecule has 0 N–H and O–H groups in total. The minimum Gasteiger partial charge on any atom is -0.381 e. The molecule has 4 heterocycles. The van der Waals surface area contributed by atoms with Crippen LogP contribution in [0.2, 0.25) is 0 Å². The van der Waals surface area contributed by atoms with Crippen LogP contribution >= 0.6 is 11.3 Å². The largest absolute Gasteiger partial charge is 0.381 e. The van der Waals surface area contributed by atoms with Gasteiger partial charge in [-0.1, -0.05) is 6.07 Å². The average molecular weight is 424 g/mol. The molecule has 1 aliphatic rings. The third-order valence-corrected chi connectivity index (χ3v) is 7.85. The van der Waals surface area contributed by atoms with Crippen LogP contribution in [0.15, 0.2) is 42.7 Å². The predicted octanol–water partition coefficient (Wildman–Crippen LogP) is 5.60. The summed E-state index contributed by atoms with van der Waals surface area (Å²) in [5.41, 5.74) is 3.65. The quantitative estimate of drug-likeness (QED) is 0.473. The number of rotatable bonds is 8. The van der Waals surface area contributed by atoms with Crippen molar-refractivity contribution in [1.82, 2.24) is 14.9 Å². The first-order valence-corrected chi connectivity index (χ1v) is 11.8. The average Bonchev–Trinajstić information content (AvgIpc) is 3.36. The van der Waals surface area contributed by atoms with Gasteiger partial charge in [0.25, 0.3) is 0 Å². The van der Waals surface area contributed by atoms with Gasteiger partial charge in [0.2, 0.25) is 0 Å². The lowest BCUT2D eigenvalue weighted by molar-refractivity contribution is 0.0386. The zero-order valence-electron chi connectivity index (χ0n) is 18.6. The van der Waals surface area contributed by atoms with Crippen molar-refractivity contribution < 1.29 is 4.74 Å². The van der Waals surface area contributed by atoms with Crippen molar-refractivity contribution >= 4 is 21.6 Å². The lowest BCUT2D eigenvalue weighted by Crippen LogP contribution is -2.42. The highest BCUT2D eigenvalue weighted by atomic mass is 32.1. The molecule has 1 saturated heterocycles. The Balaban J connectivity index is 1.50. The monoisotopic (exact) mass is 423 g/mol. The molecule has 0 aliphatic carbocycles. The third kappa shape index (κ3) is 4.43. The summed E-state index contributed by atoms with van der Waals surface area (Å²) in [6.45, 7) is 12.6. The second kappa shape index (κ2) is 8.74. The van der Waals surface area contributed by atoms with Crippen molar-refractivity contribution in [3.63, 3.8) is 0 Å². The lowest BCUT2D eigenvalue weighted by atomic mass is 9.82. The Hall–Kier alpha value is -1.82. The second-order valence-electron chi connectivity index (χ2n) is 9.16. The van der Waals surface area contributed by atoms with Gasteiger partial charge in [-0.3, -0.25) is 14.9 Å². The van der Waals surface area contributed by atoms with Crippen molar-refractivity contribution in [3.8, 4) is 0 Å². The molecule has 0 radical (unpaired) electrons. The second-order valence-corrected chi connectivity index (χ2v) is 10.3. The predicted molar refractivity (Wildman–Crippen MR) is 125 cm³/mol. The Morgan fingerprint density at radius 2 is 2.10 bits per heavy atom. The van der Waals surface area contributed by atoms with E-state index in [1.54, 1.807) is 0 Å². The zero-order chi connectivity index (χ0) is 21.2. The van der Waals surface area contributed by atoms with E-state index in [0.29, 0.717) is 0 Å². The number of thiophene rings is 1. The van der Waals surface area contributed by atoms with Crippen LogP contribution in [0.25, 0.3) is 10.2 Å². The molecule has 3 aromatic heterocycles. The topological polar surface area (TPSA) is 38.2 Å². The molecular formula is C25H33N3OS. The van der Waals surface area contributed by atoms with Gasteiger partial charge >= 0.3 is 0 Å². The van der Waals surface area contributed by atoms with Crippen molar-refractivity contribution in [3.05, 3.63) is 58.9 Å². The molecule has 5 heteroatoms. The summed E-state index contributed by atoms with van der Waals surface area (Å²) >= 11 is 1.88. The van der Waals surface area contributed by atoms with Gasteiger partial charge in [-0.25, -0.2) is 0 Å². The van der Waals surface area contributed by atoms with E-state index >= 15 is 0 Å². The standard InChI is InChI=1S/C25H33N3OS/c1-5-29-18-25(11-10-21-15-22-23(30-21)7-6-13-26-22)12-14-28(17-25)24(3,4)20-9-8-19(2)27-16-20/h6-9,13,15-16H,5,10-12,14,17-18H2,1-4H3. The van der Waals surface area contributed by atoms with E-state index in [-0.39, 0.29) is 11.0 Å². The third-order valence-electron chi connectivity index (χ3n) is 6.70. The van der Waals surface area contributed by atoms with Crippen molar-refractivity contribution in [2.75, 3.05) is 26.3 Å². The highest BCUT2D eigenvalue weighted by Crippen LogP contribution is 2.42. The van der Waals surface area contributed by atoms with E-state index in [9.17, 15) is 0 Å². The van der Waals surface area contributed by atoms with Crippen LogP contribution in [0.3, 0.4) is 0 Å². The van der Waals surface area contributed by atoms with E-state index in [4.69, 9.17) is 4.74 Å². The SMILES string of the molecule is CCOCC1(CCc2cc3ncccc3s2)CCN(C(C)(C)c2ccc(C)nc2)C1. The van der Waals surface area contributed by atoms with E-state index in [1.165, 1.54) is 21.6 Å². The summed E-state index contributed by atoms with van der Waals surface area (Å²) in [6, 6.07) is 10.8. The molecule has 1 fully saturated rings. The van der Waals surface area contributed by atoms with Crippen LogP contribution < -0.4 is 0 Å². The van der Waals surface area contributed by atoms with Gasteiger partial charge in [0.1, 0.15) is 0 Å². The van der Waals surface area contributed by atoms with Gasteiger partial charge in [-0.05, 0) is 83.3 Å². The number of likely N-dealkylation sites (tertiary alicyclic amines) is 1. The molecule has 1 aliphatic heterocycles. The fourth-order valence-electron chi connectivity index (χ4n) is 4.57. The number of ether oxygens (including phenoxy) is 1. The van der Waals surface area contributed by atoms with Crippen LogP contribution in [0.5, 0.6) is 0 Å². The summed E-state index contributed by atoms with van der Waals surface area (Å²) in [5, 5.41) is 0. The molecule has 1 unspecified atom stereocenters. The van der Waals surface area contributed by atoms with Crippen LogP contribution in [-0.4, -0.2) is 41.2 Å². The summed E-state index contributed by atoms with van der Waals surface area (Å²) in [6.07, 6.45) is 7.35. The molecule has 4 rings (SSSR count). The number of hydrogen-bond donors (Lipinski definition) is 0. The van der Waals surface area contributed by atoms with Crippen LogP contribution in [0.1, 0.15) is 49.7 Å². The highest BCUT2D eigenvalue weighted by molar-refractivity contribution is 7.19. The van der Waals surface area contributed by atoms with Gasteiger partial charge in [-0.2, -0.15) is 0 Å². The van der Waals surface area contributed by atoms with Gasteiger partial charge < -0.3 is 4.74 Å². The Labute approximate surface area is 184 Å². The Morgan fingerprint density at radius 3 is 2.83 bits per heavy atom. The minimum atomic E-state index is -0.0316. The maximum absolute atomic E-state index is 6.00. The molecule has 1 atom stereocenters. The smallest absolute Gasteiger partial charge is 0.0812 e. The number of nitrogens with zero attached hydrogens (tertiary/aromatic N) is 3. The van der Waals surface area contributed by atoms with Gasteiger partial charge in [0, 0.05) is 47.1 Å². The summed E-state index contributed by atoms with van der Waals surface area (Å²) in [4.78, 5) is 13.1. The number of pyridine rings is 2. The molecule has 0 saturated carbocycles. The Kier molecular flexibility index (Phi) is 6.24. The summed E-state index contributed by atoms with van der Waals surface area (Å²) < 4.78 is 7.29. The van der Waals surface area contributed by atoms with Crippen LogP contribution in [0.4, 0.5) is 0 Å². The Morgan fingerprint density at radius 1 is 1.23 bits per heavy atom. The molecule has 0 aromatic carbocycles. The number of aryl methyl sites for hydroxylation is 2. The highest BCUT2D eigenvalue weighted by Gasteiger charge is 2.43. The Bertz CT molecular complexity index is 948. The molecule has 0 bridgehead atoms.